The molecule has 0 N–H and O–H groups in total. The van der Waals surface area contributed by atoms with Gasteiger partial charge in [0, 0.05) is 5.56 Å². The third-order valence-corrected chi connectivity index (χ3v) is 2.06. The topological polar surface area (TPSA) is 35.5 Å². The van der Waals surface area contributed by atoms with Gasteiger partial charge in [0.15, 0.2) is 0 Å². The van der Waals surface area contributed by atoms with Crippen LogP contribution < -0.4 is 4.74 Å². The standard InChI is InChI=1S/C15H18O3/c1-6-11-8-9-13(17-7-2)12(10-11)14(16)18-15(3,4)5/h1,8-10H,7H2,2-5H3. The molecule has 3 heteroatoms. The van der Waals surface area contributed by atoms with Gasteiger partial charge in [0.25, 0.3) is 0 Å². The van der Waals surface area contributed by atoms with Gasteiger partial charge in [-0.25, -0.2) is 4.79 Å². The van der Waals surface area contributed by atoms with Crippen molar-refractivity contribution in [3.63, 3.8) is 0 Å². The molecule has 0 saturated carbocycles. The summed E-state index contributed by atoms with van der Waals surface area (Å²) < 4.78 is 10.7. The number of ether oxygens (including phenoxy) is 2. The molecule has 0 radical (unpaired) electrons. The number of rotatable bonds is 3. The van der Waals surface area contributed by atoms with Gasteiger partial charge in [-0.05, 0) is 45.9 Å². The maximum absolute atomic E-state index is 12.1. The van der Waals surface area contributed by atoms with Crippen molar-refractivity contribution in [3.05, 3.63) is 29.3 Å². The van der Waals surface area contributed by atoms with Crippen LogP contribution in [0.3, 0.4) is 0 Å². The van der Waals surface area contributed by atoms with E-state index in [-0.39, 0.29) is 0 Å². The van der Waals surface area contributed by atoms with Crippen LogP contribution in [0.25, 0.3) is 0 Å². The highest BCUT2D eigenvalue weighted by Crippen LogP contribution is 2.23. The highest BCUT2D eigenvalue weighted by atomic mass is 16.6. The maximum atomic E-state index is 12.1. The summed E-state index contributed by atoms with van der Waals surface area (Å²) in [7, 11) is 0. The van der Waals surface area contributed by atoms with Gasteiger partial charge in [-0.1, -0.05) is 5.92 Å². The van der Waals surface area contributed by atoms with E-state index in [0.29, 0.717) is 23.5 Å². The van der Waals surface area contributed by atoms with E-state index < -0.39 is 11.6 Å². The Labute approximate surface area is 108 Å². The van der Waals surface area contributed by atoms with Crippen LogP contribution in [0, 0.1) is 12.3 Å². The Morgan fingerprint density at radius 3 is 2.56 bits per heavy atom. The van der Waals surface area contributed by atoms with E-state index in [9.17, 15) is 4.79 Å². The summed E-state index contributed by atoms with van der Waals surface area (Å²) in [5.74, 6) is 2.55. The SMILES string of the molecule is C#Cc1ccc(OCC)c(C(=O)OC(C)(C)C)c1. The zero-order valence-electron chi connectivity index (χ0n) is 11.2. The minimum atomic E-state index is -0.549. The first-order valence-corrected chi connectivity index (χ1v) is 5.84. The Morgan fingerprint density at radius 2 is 2.06 bits per heavy atom. The number of benzene rings is 1. The van der Waals surface area contributed by atoms with E-state index >= 15 is 0 Å². The van der Waals surface area contributed by atoms with Gasteiger partial charge in [-0.3, -0.25) is 0 Å². The summed E-state index contributed by atoms with van der Waals surface area (Å²) in [6, 6.07) is 5.04. The maximum Gasteiger partial charge on any atom is 0.342 e. The Morgan fingerprint density at radius 1 is 1.39 bits per heavy atom. The fourth-order valence-electron chi connectivity index (χ4n) is 1.39. The molecule has 1 rings (SSSR count). The lowest BCUT2D eigenvalue weighted by molar-refractivity contribution is 0.00660. The molecule has 1 aromatic rings. The van der Waals surface area contributed by atoms with Crippen LogP contribution in [-0.4, -0.2) is 18.2 Å². The van der Waals surface area contributed by atoms with Crippen molar-refractivity contribution in [3.8, 4) is 18.1 Å². The molecule has 0 aliphatic heterocycles. The average Bonchev–Trinajstić information content (AvgIpc) is 2.27. The van der Waals surface area contributed by atoms with Crippen molar-refractivity contribution < 1.29 is 14.3 Å². The first-order chi connectivity index (χ1) is 8.37. The minimum absolute atomic E-state index is 0.363. The van der Waals surface area contributed by atoms with Crippen molar-refractivity contribution in [1.82, 2.24) is 0 Å². The van der Waals surface area contributed by atoms with Crippen LogP contribution in [0.2, 0.25) is 0 Å². The first-order valence-electron chi connectivity index (χ1n) is 5.84. The number of hydrogen-bond acceptors (Lipinski definition) is 3. The number of terminal acetylenes is 1. The highest BCUT2D eigenvalue weighted by molar-refractivity contribution is 5.93. The van der Waals surface area contributed by atoms with E-state index in [4.69, 9.17) is 15.9 Å². The Bertz CT molecular complexity index is 475. The third-order valence-electron chi connectivity index (χ3n) is 2.06. The first kappa shape index (κ1) is 14.1. The molecule has 3 nitrogen and oxygen atoms in total. The van der Waals surface area contributed by atoms with E-state index in [0.717, 1.165) is 0 Å². The second kappa shape index (κ2) is 5.59. The van der Waals surface area contributed by atoms with E-state index in [1.54, 1.807) is 18.2 Å². The van der Waals surface area contributed by atoms with Gasteiger partial charge in [0.2, 0.25) is 0 Å². The molecule has 0 aliphatic carbocycles. The van der Waals surface area contributed by atoms with Crippen molar-refractivity contribution >= 4 is 5.97 Å². The van der Waals surface area contributed by atoms with Crippen LogP contribution in [0.4, 0.5) is 0 Å². The minimum Gasteiger partial charge on any atom is -0.493 e. The Hall–Kier alpha value is -1.95. The second-order valence-electron chi connectivity index (χ2n) is 4.79. The lowest BCUT2D eigenvalue weighted by atomic mass is 10.1. The molecule has 0 bridgehead atoms. The smallest absolute Gasteiger partial charge is 0.342 e. The van der Waals surface area contributed by atoms with E-state index in [2.05, 4.69) is 5.92 Å². The van der Waals surface area contributed by atoms with E-state index in [1.165, 1.54) is 0 Å². The van der Waals surface area contributed by atoms with Gasteiger partial charge in [0.05, 0.1) is 6.61 Å². The van der Waals surface area contributed by atoms with Crippen LogP contribution in [0.5, 0.6) is 5.75 Å². The molecule has 0 atom stereocenters. The predicted octanol–water partition coefficient (Wildman–Crippen LogP) is 3.02. The lowest BCUT2D eigenvalue weighted by Gasteiger charge is -2.20. The number of carbonyl (C=O) groups excluding carboxylic acids is 1. The normalized spacial score (nSPS) is 10.6. The molecule has 0 aromatic heterocycles. The van der Waals surface area contributed by atoms with E-state index in [1.807, 2.05) is 27.7 Å². The summed E-state index contributed by atoms with van der Waals surface area (Å²) in [5.41, 5.74) is 0.439. The highest BCUT2D eigenvalue weighted by Gasteiger charge is 2.21. The molecule has 0 fully saturated rings. The largest absolute Gasteiger partial charge is 0.493 e. The molecule has 18 heavy (non-hydrogen) atoms. The lowest BCUT2D eigenvalue weighted by Crippen LogP contribution is -2.24. The van der Waals surface area contributed by atoms with Crippen LogP contribution in [0.1, 0.15) is 43.6 Å². The number of esters is 1. The van der Waals surface area contributed by atoms with Crippen molar-refractivity contribution in [1.29, 1.82) is 0 Å². The van der Waals surface area contributed by atoms with Gasteiger partial charge in [0.1, 0.15) is 16.9 Å². The zero-order chi connectivity index (χ0) is 13.8. The number of hydrogen-bond donors (Lipinski definition) is 0. The molecular weight excluding hydrogens is 228 g/mol. The molecule has 0 aliphatic rings. The molecule has 0 saturated heterocycles. The van der Waals surface area contributed by atoms with Crippen LogP contribution in [-0.2, 0) is 4.74 Å². The van der Waals surface area contributed by atoms with Gasteiger partial charge < -0.3 is 9.47 Å². The molecule has 0 amide bonds. The average molecular weight is 246 g/mol. The van der Waals surface area contributed by atoms with Gasteiger partial charge in [-0.2, -0.15) is 0 Å². The van der Waals surface area contributed by atoms with Crippen molar-refractivity contribution in [2.75, 3.05) is 6.61 Å². The molecule has 1 aromatic carbocycles. The fourth-order valence-corrected chi connectivity index (χ4v) is 1.39. The summed E-state index contributed by atoms with van der Waals surface area (Å²) in [6.45, 7) is 7.78. The summed E-state index contributed by atoms with van der Waals surface area (Å²) in [4.78, 5) is 12.1. The summed E-state index contributed by atoms with van der Waals surface area (Å²) in [6.07, 6.45) is 5.33. The third kappa shape index (κ3) is 3.81. The predicted molar refractivity (Wildman–Crippen MR) is 70.7 cm³/mol. The summed E-state index contributed by atoms with van der Waals surface area (Å²) >= 11 is 0. The molecular formula is C15H18O3. The zero-order valence-corrected chi connectivity index (χ0v) is 11.2. The summed E-state index contributed by atoms with van der Waals surface area (Å²) in [5, 5.41) is 0. The molecule has 96 valence electrons. The Kier molecular flexibility index (Phi) is 4.38. The fraction of sp³-hybridized carbons (Fsp3) is 0.400. The van der Waals surface area contributed by atoms with Crippen molar-refractivity contribution in [2.24, 2.45) is 0 Å². The van der Waals surface area contributed by atoms with Gasteiger partial charge in [-0.15, -0.1) is 6.42 Å². The molecule has 0 heterocycles. The quantitative estimate of drug-likeness (QED) is 0.607. The van der Waals surface area contributed by atoms with Gasteiger partial charge >= 0.3 is 5.97 Å². The van der Waals surface area contributed by atoms with Crippen molar-refractivity contribution in [2.45, 2.75) is 33.3 Å². The number of carbonyl (C=O) groups is 1. The second-order valence-corrected chi connectivity index (χ2v) is 4.79. The molecule has 0 spiro atoms. The monoisotopic (exact) mass is 246 g/mol. The van der Waals surface area contributed by atoms with Crippen LogP contribution in [0.15, 0.2) is 18.2 Å². The molecule has 0 unspecified atom stereocenters. The van der Waals surface area contributed by atoms with Crippen LogP contribution >= 0.6 is 0 Å². The Balaban J connectivity index is 3.11.